The van der Waals surface area contributed by atoms with Gasteiger partial charge < -0.3 is 9.84 Å². The average Bonchev–Trinajstić information content (AvgIpc) is 3.11. The van der Waals surface area contributed by atoms with Crippen LogP contribution >= 0.6 is 0 Å². The van der Waals surface area contributed by atoms with Crippen molar-refractivity contribution < 1.29 is 14.6 Å². The predicted molar refractivity (Wildman–Crippen MR) is 83.5 cm³/mol. The third-order valence-corrected chi connectivity index (χ3v) is 3.80. The van der Waals surface area contributed by atoms with Crippen molar-refractivity contribution in [2.45, 2.75) is 52.6 Å². The molecule has 4 heteroatoms. The number of amides is 1. The highest BCUT2D eigenvalue weighted by Gasteiger charge is 2.41. The number of nitrogens with one attached hydrogen (secondary N) is 1. The van der Waals surface area contributed by atoms with Gasteiger partial charge in [0.25, 0.3) is 0 Å². The molecule has 0 spiro atoms. The van der Waals surface area contributed by atoms with Gasteiger partial charge in [-0.15, -0.1) is 0 Å². The average molecular weight is 291 g/mol. The minimum Gasteiger partial charge on any atom is -0.444 e. The fourth-order valence-corrected chi connectivity index (χ4v) is 2.39. The molecule has 1 aliphatic carbocycles. The number of aliphatic hydroxyl groups is 1. The Morgan fingerprint density at radius 1 is 1.38 bits per heavy atom. The molecule has 1 saturated carbocycles. The van der Waals surface area contributed by atoms with E-state index in [0.717, 1.165) is 30.5 Å². The van der Waals surface area contributed by atoms with Crippen LogP contribution in [-0.4, -0.2) is 23.4 Å². The van der Waals surface area contributed by atoms with Gasteiger partial charge >= 0.3 is 6.09 Å². The highest BCUT2D eigenvalue weighted by molar-refractivity contribution is 5.85. The van der Waals surface area contributed by atoms with Crippen LogP contribution < -0.4 is 5.32 Å². The zero-order valence-corrected chi connectivity index (χ0v) is 13.3. The largest absolute Gasteiger partial charge is 0.444 e. The number of aryl methyl sites for hydroxylation is 1. The van der Waals surface area contributed by atoms with Crippen molar-refractivity contribution in [2.75, 3.05) is 11.9 Å². The predicted octanol–water partition coefficient (Wildman–Crippen LogP) is 3.66. The Kier molecular flexibility index (Phi) is 4.28. The highest BCUT2D eigenvalue weighted by Crippen LogP contribution is 2.47. The summed E-state index contributed by atoms with van der Waals surface area (Å²) < 4.78 is 5.25. The second-order valence-corrected chi connectivity index (χ2v) is 7.11. The quantitative estimate of drug-likeness (QED) is 0.890. The highest BCUT2D eigenvalue weighted by atomic mass is 16.6. The number of rotatable bonds is 4. The lowest BCUT2D eigenvalue weighted by Crippen LogP contribution is -2.27. The maximum Gasteiger partial charge on any atom is 0.412 e. The first kappa shape index (κ1) is 15.8. The molecule has 1 aliphatic rings. The Morgan fingerprint density at radius 2 is 2.05 bits per heavy atom. The standard InChI is InChI=1S/C17H25NO3/c1-12-9-13(10-17(11-19)7-8-17)5-6-14(12)18-15(20)21-16(2,3)4/h5-6,9,19H,7-8,10-11H2,1-4H3,(H,18,20). The second kappa shape index (κ2) is 5.68. The van der Waals surface area contributed by atoms with Gasteiger partial charge in [-0.25, -0.2) is 4.79 Å². The van der Waals surface area contributed by atoms with Crippen LogP contribution in [0, 0.1) is 12.3 Å². The summed E-state index contributed by atoms with van der Waals surface area (Å²) >= 11 is 0. The van der Waals surface area contributed by atoms with Gasteiger partial charge in [-0.2, -0.15) is 0 Å². The number of carbonyl (C=O) groups is 1. The van der Waals surface area contributed by atoms with Crippen LogP contribution in [0.15, 0.2) is 18.2 Å². The van der Waals surface area contributed by atoms with E-state index >= 15 is 0 Å². The third kappa shape index (κ3) is 4.46. The number of aliphatic hydroxyl groups excluding tert-OH is 1. The Morgan fingerprint density at radius 3 is 2.52 bits per heavy atom. The zero-order chi connectivity index (χ0) is 15.7. The summed E-state index contributed by atoms with van der Waals surface area (Å²) in [5.74, 6) is 0. The summed E-state index contributed by atoms with van der Waals surface area (Å²) in [5.41, 5.74) is 2.58. The van der Waals surface area contributed by atoms with E-state index in [4.69, 9.17) is 4.74 Å². The first-order chi connectivity index (χ1) is 9.73. The maximum atomic E-state index is 11.8. The molecule has 0 unspecified atom stereocenters. The van der Waals surface area contributed by atoms with Gasteiger partial charge in [-0.05, 0) is 69.6 Å². The van der Waals surface area contributed by atoms with Crippen molar-refractivity contribution in [3.63, 3.8) is 0 Å². The van der Waals surface area contributed by atoms with Gasteiger partial charge in [0, 0.05) is 12.3 Å². The molecule has 21 heavy (non-hydrogen) atoms. The molecule has 1 amide bonds. The summed E-state index contributed by atoms with van der Waals surface area (Å²) in [6, 6.07) is 5.99. The van der Waals surface area contributed by atoms with Crippen molar-refractivity contribution in [3.05, 3.63) is 29.3 Å². The molecule has 0 atom stereocenters. The van der Waals surface area contributed by atoms with Crippen LogP contribution in [0.25, 0.3) is 0 Å². The fourth-order valence-electron chi connectivity index (χ4n) is 2.39. The summed E-state index contributed by atoms with van der Waals surface area (Å²) in [5, 5.41) is 12.2. The monoisotopic (exact) mass is 291 g/mol. The molecular weight excluding hydrogens is 266 g/mol. The lowest BCUT2D eigenvalue weighted by molar-refractivity contribution is 0.0636. The van der Waals surface area contributed by atoms with Gasteiger partial charge in [-0.1, -0.05) is 12.1 Å². The Hall–Kier alpha value is -1.55. The molecule has 2 rings (SSSR count). The lowest BCUT2D eigenvalue weighted by Gasteiger charge is -2.20. The number of hydrogen-bond donors (Lipinski definition) is 2. The minimum atomic E-state index is -0.503. The second-order valence-electron chi connectivity index (χ2n) is 7.11. The normalized spacial score (nSPS) is 16.4. The Balaban J connectivity index is 2.01. The van der Waals surface area contributed by atoms with Crippen LogP contribution in [0.3, 0.4) is 0 Å². The first-order valence-corrected chi connectivity index (χ1v) is 7.43. The Labute approximate surface area is 126 Å². The van der Waals surface area contributed by atoms with Crippen molar-refractivity contribution >= 4 is 11.8 Å². The summed E-state index contributed by atoms with van der Waals surface area (Å²) in [4.78, 5) is 11.8. The van der Waals surface area contributed by atoms with E-state index in [1.54, 1.807) is 0 Å². The maximum absolute atomic E-state index is 11.8. The number of carbonyl (C=O) groups excluding carboxylic acids is 1. The third-order valence-electron chi connectivity index (χ3n) is 3.80. The van der Waals surface area contributed by atoms with Gasteiger partial charge in [0.15, 0.2) is 0 Å². The minimum absolute atomic E-state index is 0.104. The van der Waals surface area contributed by atoms with Crippen LogP contribution in [-0.2, 0) is 11.2 Å². The summed E-state index contributed by atoms with van der Waals surface area (Å²) in [7, 11) is 0. The Bertz CT molecular complexity index is 527. The topological polar surface area (TPSA) is 58.6 Å². The number of ether oxygens (including phenoxy) is 1. The molecular formula is C17H25NO3. The molecule has 0 aliphatic heterocycles. The van der Waals surface area contributed by atoms with E-state index in [1.807, 2.05) is 39.8 Å². The summed E-state index contributed by atoms with van der Waals surface area (Å²) in [6.45, 7) is 7.74. The summed E-state index contributed by atoms with van der Waals surface area (Å²) in [6.07, 6.45) is 2.66. The molecule has 116 valence electrons. The van der Waals surface area contributed by atoms with E-state index in [-0.39, 0.29) is 12.0 Å². The van der Waals surface area contributed by atoms with Gasteiger partial charge in [-0.3, -0.25) is 5.32 Å². The zero-order valence-electron chi connectivity index (χ0n) is 13.3. The van der Waals surface area contributed by atoms with Crippen molar-refractivity contribution in [3.8, 4) is 0 Å². The molecule has 0 saturated heterocycles. The van der Waals surface area contributed by atoms with E-state index < -0.39 is 11.7 Å². The molecule has 4 nitrogen and oxygen atoms in total. The van der Waals surface area contributed by atoms with Crippen molar-refractivity contribution in [1.29, 1.82) is 0 Å². The van der Waals surface area contributed by atoms with Crippen LogP contribution in [0.2, 0.25) is 0 Å². The van der Waals surface area contributed by atoms with Gasteiger partial charge in [0.2, 0.25) is 0 Å². The van der Waals surface area contributed by atoms with Crippen LogP contribution in [0.5, 0.6) is 0 Å². The van der Waals surface area contributed by atoms with Crippen LogP contribution in [0.1, 0.15) is 44.7 Å². The van der Waals surface area contributed by atoms with Crippen molar-refractivity contribution in [1.82, 2.24) is 0 Å². The molecule has 1 fully saturated rings. The van der Waals surface area contributed by atoms with Crippen molar-refractivity contribution in [2.24, 2.45) is 5.41 Å². The smallest absolute Gasteiger partial charge is 0.412 e. The lowest BCUT2D eigenvalue weighted by atomic mass is 9.96. The number of hydrogen-bond acceptors (Lipinski definition) is 3. The molecule has 0 aromatic heterocycles. The van der Waals surface area contributed by atoms with E-state index in [2.05, 4.69) is 11.4 Å². The fraction of sp³-hybridized carbons (Fsp3) is 0.588. The van der Waals surface area contributed by atoms with Gasteiger partial charge in [0.1, 0.15) is 5.60 Å². The number of anilines is 1. The van der Waals surface area contributed by atoms with E-state index in [9.17, 15) is 9.90 Å². The van der Waals surface area contributed by atoms with Gasteiger partial charge in [0.05, 0.1) is 0 Å². The van der Waals surface area contributed by atoms with E-state index in [1.165, 1.54) is 5.56 Å². The SMILES string of the molecule is Cc1cc(CC2(CO)CC2)ccc1NC(=O)OC(C)(C)C. The number of benzene rings is 1. The molecule has 1 aromatic carbocycles. The van der Waals surface area contributed by atoms with E-state index in [0.29, 0.717) is 0 Å². The molecule has 2 N–H and O–H groups in total. The molecule has 0 bridgehead atoms. The van der Waals surface area contributed by atoms with Crippen LogP contribution in [0.4, 0.5) is 10.5 Å². The first-order valence-electron chi connectivity index (χ1n) is 7.43. The molecule has 0 heterocycles. The molecule has 0 radical (unpaired) electrons. The molecule has 1 aromatic rings.